The molecule has 0 aromatic rings. The molecule has 0 spiro atoms. The number of aliphatic carboxylic acids is 2. The molecule has 98 valence electrons. The fourth-order valence-electron chi connectivity index (χ4n) is 0.343. The minimum atomic E-state index is -0.747. The quantitative estimate of drug-likeness (QED) is 0.241. The van der Waals surface area contributed by atoms with E-state index < -0.39 is 11.9 Å². The maximum absolute atomic E-state index is 10.0. The van der Waals surface area contributed by atoms with Gasteiger partial charge in [0.2, 0.25) is 0 Å². The van der Waals surface area contributed by atoms with Gasteiger partial charge < -0.3 is 10.2 Å². The molecule has 0 aliphatic carbocycles. The monoisotopic (exact) mass is 1020 g/mol. The first-order valence-electron chi connectivity index (χ1n) is 3.40. The fraction of sp³-hybridized carbons (Fsp3) is 0.667. The van der Waals surface area contributed by atoms with Gasteiger partial charge in [-0.1, -0.05) is 136 Å². The molecule has 11 heteroatoms. The second-order valence-corrected chi connectivity index (χ2v) is 25.8. The third kappa shape index (κ3) is 33.2. The summed E-state index contributed by atoms with van der Waals surface area (Å²) in [6.45, 7) is 0. The Kier molecular flexibility index (Phi) is 19.6. The van der Waals surface area contributed by atoms with Gasteiger partial charge in [0.25, 0.3) is 0 Å². The molecule has 0 unspecified atom stereocenters. The van der Waals surface area contributed by atoms with E-state index in [9.17, 15) is 9.59 Å². The summed E-state index contributed by atoms with van der Waals surface area (Å²) in [5.41, 5.74) is 0. The summed E-state index contributed by atoms with van der Waals surface area (Å²) in [7, 11) is 0. The molecular weight excluding hydrogens is 1010 g/mol. The SMILES string of the molecule is O=C(O)CC(I)(I)I.O=C(O)CC(I)(I)I.[Cd]. The molecule has 0 radical (unpaired) electrons. The second kappa shape index (κ2) is 12.8. The van der Waals surface area contributed by atoms with Gasteiger partial charge >= 0.3 is 11.9 Å². The molecule has 0 amide bonds. The Hall–Kier alpha value is 4.24. The van der Waals surface area contributed by atoms with Crippen LogP contribution in [0.3, 0.4) is 0 Å². The Morgan fingerprint density at radius 2 is 0.941 bits per heavy atom. The zero-order valence-corrected chi connectivity index (χ0v) is 25.1. The molecule has 0 aromatic heterocycles. The molecule has 0 atom stereocenters. The minimum absolute atomic E-state index is 0. The zero-order chi connectivity index (χ0) is 13.6. The van der Waals surface area contributed by atoms with Gasteiger partial charge in [-0.05, 0) is 0 Å². The van der Waals surface area contributed by atoms with Crippen LogP contribution in [0.15, 0.2) is 0 Å². The maximum Gasteiger partial charge on any atom is 0.306 e. The van der Waals surface area contributed by atoms with Crippen LogP contribution in [0.4, 0.5) is 0 Å². The van der Waals surface area contributed by atoms with Crippen molar-refractivity contribution in [3.63, 3.8) is 0 Å². The number of rotatable bonds is 4. The van der Waals surface area contributed by atoms with Crippen molar-refractivity contribution in [2.75, 3.05) is 0 Å². The van der Waals surface area contributed by atoms with Gasteiger partial charge in [-0.15, -0.1) is 0 Å². The third-order valence-electron chi connectivity index (χ3n) is 0.703. The molecule has 0 aliphatic rings. The summed E-state index contributed by atoms with van der Waals surface area (Å²) in [6.07, 6.45) is 0.406. The van der Waals surface area contributed by atoms with Crippen molar-refractivity contribution < 1.29 is 47.1 Å². The smallest absolute Gasteiger partial charge is 0.306 e. The number of alkyl halides is 6. The topological polar surface area (TPSA) is 74.6 Å². The molecule has 0 heterocycles. The first-order valence-corrected chi connectivity index (χ1v) is 9.88. The predicted molar refractivity (Wildman–Crippen MR) is 114 cm³/mol. The van der Waals surface area contributed by atoms with Gasteiger partial charge in [0, 0.05) is 27.3 Å². The van der Waals surface area contributed by atoms with E-state index in [1.165, 1.54) is 0 Å². The molecule has 0 aliphatic heterocycles. The van der Waals surface area contributed by atoms with Crippen molar-refractivity contribution in [1.82, 2.24) is 0 Å². The van der Waals surface area contributed by atoms with Crippen LogP contribution < -0.4 is 0 Å². The van der Waals surface area contributed by atoms with Crippen LogP contribution in [-0.2, 0) is 36.9 Å². The average Bonchev–Trinajstić information content (AvgIpc) is 1.72. The van der Waals surface area contributed by atoms with Crippen LogP contribution in [0.25, 0.3) is 0 Å². The number of carboxylic acid groups (broad SMARTS) is 2. The van der Waals surface area contributed by atoms with Crippen molar-refractivity contribution >= 4 is 147 Å². The van der Waals surface area contributed by atoms with Crippen molar-refractivity contribution in [2.45, 2.75) is 11.7 Å². The van der Waals surface area contributed by atoms with Crippen molar-refractivity contribution in [3.8, 4) is 0 Å². The van der Waals surface area contributed by atoms with E-state index in [0.717, 1.165) is 0 Å². The Balaban J connectivity index is -0.000000218. The minimum Gasteiger partial charge on any atom is -0.481 e. The summed E-state index contributed by atoms with van der Waals surface area (Å²) in [5.74, 6) is -1.49. The number of hydrogen-bond donors (Lipinski definition) is 2. The van der Waals surface area contributed by atoms with Crippen LogP contribution in [0.5, 0.6) is 0 Å². The molecule has 0 aromatic carbocycles. The van der Waals surface area contributed by atoms with Crippen LogP contribution in [0.1, 0.15) is 12.8 Å². The van der Waals surface area contributed by atoms with Crippen LogP contribution in [-0.4, -0.2) is 21.0 Å². The molecule has 0 bridgehead atoms. The second-order valence-electron chi connectivity index (χ2n) is 2.37. The Bertz CT molecular complexity index is 222. The molecule has 17 heavy (non-hydrogen) atoms. The van der Waals surface area contributed by atoms with Gasteiger partial charge in [0.05, 0.1) is 12.8 Å². The third-order valence-corrected chi connectivity index (χ3v) is 2.99. The number of carbonyl (C=O) groups is 2. The fourth-order valence-corrected chi connectivity index (χ4v) is 2.30. The van der Waals surface area contributed by atoms with Crippen molar-refractivity contribution in [2.24, 2.45) is 0 Å². The van der Waals surface area contributed by atoms with Gasteiger partial charge in [0.15, 0.2) is 0 Å². The van der Waals surface area contributed by atoms with E-state index in [-0.39, 0.29) is 39.0 Å². The number of carboxylic acids is 2. The Morgan fingerprint density at radius 1 is 0.765 bits per heavy atom. The molecule has 0 fully saturated rings. The van der Waals surface area contributed by atoms with E-state index in [0.29, 0.717) is 0 Å². The maximum atomic E-state index is 10.0. The Labute approximate surface area is 201 Å². The van der Waals surface area contributed by atoms with E-state index in [1.54, 1.807) is 0 Å². The normalized spacial score (nSPS) is 10.7. The standard InChI is InChI=1S/2C3H3I3O2.Cd/c2*4-3(5,6)1-2(7)8;/h2*1H2,(H,7,8);. The molecular formula is C6H6CdI6O4. The van der Waals surface area contributed by atoms with E-state index in [4.69, 9.17) is 10.2 Å². The van der Waals surface area contributed by atoms with Gasteiger partial charge in [-0.3, -0.25) is 9.59 Å². The first-order chi connectivity index (χ1) is 6.83. The van der Waals surface area contributed by atoms with Crippen LogP contribution >= 0.6 is 136 Å². The molecule has 0 saturated carbocycles. The number of halogens is 6. The van der Waals surface area contributed by atoms with Crippen LogP contribution in [0.2, 0.25) is 0 Å². The average molecular weight is 1020 g/mol. The zero-order valence-electron chi connectivity index (χ0n) is 8.10. The number of hydrogen-bond acceptors (Lipinski definition) is 2. The summed E-state index contributed by atoms with van der Waals surface area (Å²) in [5, 5.41) is 16.5. The molecule has 2 N–H and O–H groups in total. The van der Waals surface area contributed by atoms with Crippen molar-refractivity contribution in [1.29, 1.82) is 0 Å². The van der Waals surface area contributed by atoms with Crippen LogP contribution in [0, 0.1) is 0 Å². The Morgan fingerprint density at radius 3 is 0.941 bits per heavy atom. The molecule has 4 nitrogen and oxygen atoms in total. The van der Waals surface area contributed by atoms with Gasteiger partial charge in [0.1, 0.15) is -1.13 Å². The summed E-state index contributed by atoms with van der Waals surface area (Å²) >= 11 is 12.5. The summed E-state index contributed by atoms with van der Waals surface area (Å²) < 4.78 is -0.335. The summed E-state index contributed by atoms with van der Waals surface area (Å²) in [6, 6.07) is 0. The van der Waals surface area contributed by atoms with E-state index >= 15 is 0 Å². The largest absolute Gasteiger partial charge is 0.481 e. The van der Waals surface area contributed by atoms with Gasteiger partial charge in [-0.2, -0.15) is 0 Å². The van der Waals surface area contributed by atoms with Gasteiger partial charge in [-0.25, -0.2) is 0 Å². The predicted octanol–water partition coefficient (Wildman–Crippen LogP) is 4.84. The summed E-state index contributed by atoms with van der Waals surface area (Å²) in [4.78, 5) is 20.0. The first kappa shape index (κ1) is 26.2. The van der Waals surface area contributed by atoms with E-state index in [2.05, 4.69) is 136 Å². The molecule has 0 saturated heterocycles. The van der Waals surface area contributed by atoms with Crippen molar-refractivity contribution in [3.05, 3.63) is 0 Å². The molecule has 0 rings (SSSR count). The van der Waals surface area contributed by atoms with E-state index in [1.807, 2.05) is 0 Å².